The summed E-state index contributed by atoms with van der Waals surface area (Å²) in [5.74, 6) is -0.678. The van der Waals surface area contributed by atoms with Crippen molar-refractivity contribution in [3.05, 3.63) is 52.0 Å². The van der Waals surface area contributed by atoms with E-state index in [-0.39, 0.29) is 11.3 Å². The molecule has 0 atom stereocenters. The highest BCUT2D eigenvalue weighted by Gasteiger charge is 2.14. The monoisotopic (exact) mass is 233 g/mol. The number of nitro groups is 1. The minimum Gasteiger partial charge on any atom is -0.258 e. The zero-order valence-corrected chi connectivity index (χ0v) is 8.92. The first kappa shape index (κ1) is 11.1. The molecule has 0 N–H and O–H groups in total. The summed E-state index contributed by atoms with van der Waals surface area (Å²) >= 11 is 0. The van der Waals surface area contributed by atoms with Crippen LogP contribution in [0, 0.1) is 22.9 Å². The molecule has 0 radical (unpaired) electrons. The van der Waals surface area contributed by atoms with Crippen LogP contribution in [0.4, 0.5) is 10.1 Å². The van der Waals surface area contributed by atoms with Crippen LogP contribution in [0.5, 0.6) is 0 Å². The largest absolute Gasteiger partial charge is 0.272 e. The van der Waals surface area contributed by atoms with E-state index < -0.39 is 10.7 Å². The number of halogens is 1. The van der Waals surface area contributed by atoms with Gasteiger partial charge in [-0.3, -0.25) is 10.1 Å². The van der Waals surface area contributed by atoms with Crippen LogP contribution in [0.15, 0.2) is 30.5 Å². The van der Waals surface area contributed by atoms with Crippen molar-refractivity contribution in [1.82, 2.24) is 10.2 Å². The summed E-state index contributed by atoms with van der Waals surface area (Å²) in [7, 11) is 0. The quantitative estimate of drug-likeness (QED) is 0.590. The number of non-ortho nitro benzene ring substituents is 1. The predicted octanol–water partition coefficient (Wildman–Crippen LogP) is 2.50. The van der Waals surface area contributed by atoms with E-state index in [1.54, 1.807) is 13.0 Å². The molecule has 5 nitrogen and oxygen atoms in total. The Bertz CT molecular complexity index is 587. The van der Waals surface area contributed by atoms with Gasteiger partial charge in [0.15, 0.2) is 0 Å². The van der Waals surface area contributed by atoms with E-state index in [1.165, 1.54) is 18.3 Å². The maximum absolute atomic E-state index is 13.7. The van der Waals surface area contributed by atoms with E-state index >= 15 is 0 Å². The second-order valence-corrected chi connectivity index (χ2v) is 3.48. The second kappa shape index (κ2) is 4.25. The zero-order valence-electron chi connectivity index (χ0n) is 8.92. The number of benzene rings is 1. The lowest BCUT2D eigenvalue weighted by molar-refractivity contribution is -0.385. The SMILES string of the molecule is Cc1ccnnc1-c1ccc([N+](=O)[O-])cc1F. The Morgan fingerprint density at radius 1 is 1.35 bits per heavy atom. The van der Waals surface area contributed by atoms with Gasteiger partial charge >= 0.3 is 0 Å². The highest BCUT2D eigenvalue weighted by atomic mass is 19.1. The molecule has 0 bridgehead atoms. The fraction of sp³-hybridized carbons (Fsp3) is 0.0909. The zero-order chi connectivity index (χ0) is 12.4. The highest BCUT2D eigenvalue weighted by molar-refractivity contribution is 5.64. The number of hydrogen-bond acceptors (Lipinski definition) is 4. The summed E-state index contributed by atoms with van der Waals surface area (Å²) in [5, 5.41) is 18.0. The van der Waals surface area contributed by atoms with Gasteiger partial charge in [-0.05, 0) is 24.6 Å². The standard InChI is InChI=1S/C11H8FN3O2/c1-7-4-5-13-14-11(7)9-3-2-8(15(16)17)6-10(9)12/h2-6H,1H3. The van der Waals surface area contributed by atoms with E-state index in [2.05, 4.69) is 10.2 Å². The molecule has 1 heterocycles. The number of nitrogens with zero attached hydrogens (tertiary/aromatic N) is 3. The Labute approximate surface area is 96.1 Å². The normalized spacial score (nSPS) is 10.2. The van der Waals surface area contributed by atoms with Gasteiger partial charge in [-0.25, -0.2) is 4.39 Å². The first-order valence-corrected chi connectivity index (χ1v) is 4.82. The average molecular weight is 233 g/mol. The van der Waals surface area contributed by atoms with Gasteiger partial charge in [0.1, 0.15) is 5.82 Å². The third kappa shape index (κ3) is 2.10. The lowest BCUT2D eigenvalue weighted by Gasteiger charge is -2.04. The number of nitro benzene ring substituents is 1. The van der Waals surface area contributed by atoms with Gasteiger partial charge in [-0.2, -0.15) is 10.2 Å². The van der Waals surface area contributed by atoms with E-state index in [4.69, 9.17) is 0 Å². The van der Waals surface area contributed by atoms with Crippen LogP contribution < -0.4 is 0 Å². The Hall–Kier alpha value is -2.37. The Morgan fingerprint density at radius 3 is 2.71 bits per heavy atom. The highest BCUT2D eigenvalue weighted by Crippen LogP contribution is 2.26. The van der Waals surface area contributed by atoms with Crippen molar-refractivity contribution in [2.24, 2.45) is 0 Å². The van der Waals surface area contributed by atoms with E-state index in [0.29, 0.717) is 5.69 Å². The summed E-state index contributed by atoms with van der Waals surface area (Å²) < 4.78 is 13.7. The average Bonchev–Trinajstić information content (AvgIpc) is 2.30. The third-order valence-electron chi connectivity index (χ3n) is 2.34. The number of hydrogen-bond donors (Lipinski definition) is 0. The molecule has 17 heavy (non-hydrogen) atoms. The van der Waals surface area contributed by atoms with Crippen molar-refractivity contribution >= 4 is 5.69 Å². The van der Waals surface area contributed by atoms with Gasteiger partial charge in [0, 0.05) is 17.8 Å². The molecular weight excluding hydrogens is 225 g/mol. The molecule has 1 aromatic heterocycles. The fourth-order valence-electron chi connectivity index (χ4n) is 1.47. The molecule has 0 unspecified atom stereocenters. The molecule has 0 saturated carbocycles. The smallest absolute Gasteiger partial charge is 0.258 e. The van der Waals surface area contributed by atoms with Gasteiger partial charge in [0.05, 0.1) is 16.7 Å². The third-order valence-corrected chi connectivity index (χ3v) is 2.34. The van der Waals surface area contributed by atoms with Crippen molar-refractivity contribution in [2.45, 2.75) is 6.92 Å². The van der Waals surface area contributed by atoms with Crippen LogP contribution >= 0.6 is 0 Å². The van der Waals surface area contributed by atoms with Gasteiger partial charge in [0.2, 0.25) is 0 Å². The van der Waals surface area contributed by atoms with Crippen LogP contribution in [-0.4, -0.2) is 15.1 Å². The fourth-order valence-corrected chi connectivity index (χ4v) is 1.47. The van der Waals surface area contributed by atoms with Gasteiger partial charge in [-0.15, -0.1) is 0 Å². The molecule has 0 aliphatic heterocycles. The Balaban J connectivity index is 2.55. The lowest BCUT2D eigenvalue weighted by atomic mass is 10.1. The van der Waals surface area contributed by atoms with Crippen molar-refractivity contribution in [3.8, 4) is 11.3 Å². The topological polar surface area (TPSA) is 68.9 Å². The number of aromatic nitrogens is 2. The van der Waals surface area contributed by atoms with Crippen molar-refractivity contribution < 1.29 is 9.31 Å². The molecule has 2 aromatic rings. The second-order valence-electron chi connectivity index (χ2n) is 3.48. The molecule has 0 aliphatic rings. The van der Waals surface area contributed by atoms with Gasteiger partial charge in [0.25, 0.3) is 5.69 Å². The maximum atomic E-state index is 13.7. The van der Waals surface area contributed by atoms with Gasteiger partial charge < -0.3 is 0 Å². The molecule has 6 heteroatoms. The van der Waals surface area contributed by atoms with Crippen molar-refractivity contribution in [3.63, 3.8) is 0 Å². The molecule has 1 aromatic carbocycles. The van der Waals surface area contributed by atoms with Crippen LogP contribution in [0.3, 0.4) is 0 Å². The molecule has 0 saturated heterocycles. The summed E-state index contributed by atoms with van der Waals surface area (Å²) in [5.41, 5.74) is 1.07. The van der Waals surface area contributed by atoms with Crippen molar-refractivity contribution in [1.29, 1.82) is 0 Å². The first-order chi connectivity index (χ1) is 8.09. The molecule has 0 spiro atoms. The van der Waals surface area contributed by atoms with E-state index in [9.17, 15) is 14.5 Å². The Morgan fingerprint density at radius 2 is 2.12 bits per heavy atom. The summed E-state index contributed by atoms with van der Waals surface area (Å²) in [4.78, 5) is 9.84. The summed E-state index contributed by atoms with van der Waals surface area (Å²) in [6.07, 6.45) is 1.50. The van der Waals surface area contributed by atoms with Crippen LogP contribution in [-0.2, 0) is 0 Å². The molecule has 0 fully saturated rings. The molecule has 2 rings (SSSR count). The number of rotatable bonds is 2. The minimum absolute atomic E-state index is 0.209. The number of aryl methyl sites for hydroxylation is 1. The molecule has 0 amide bonds. The predicted molar refractivity (Wildman–Crippen MR) is 58.8 cm³/mol. The molecule has 86 valence electrons. The maximum Gasteiger partial charge on any atom is 0.272 e. The van der Waals surface area contributed by atoms with Crippen molar-refractivity contribution in [2.75, 3.05) is 0 Å². The Kier molecular flexibility index (Phi) is 2.78. The van der Waals surface area contributed by atoms with Crippen LogP contribution in [0.1, 0.15) is 5.56 Å². The van der Waals surface area contributed by atoms with E-state index in [0.717, 1.165) is 11.6 Å². The van der Waals surface area contributed by atoms with Gasteiger partial charge in [-0.1, -0.05) is 0 Å². The molecule has 0 aliphatic carbocycles. The van der Waals surface area contributed by atoms with Crippen LogP contribution in [0.25, 0.3) is 11.3 Å². The minimum atomic E-state index is -0.678. The van der Waals surface area contributed by atoms with E-state index in [1.807, 2.05) is 0 Å². The summed E-state index contributed by atoms with van der Waals surface area (Å²) in [6.45, 7) is 1.77. The van der Waals surface area contributed by atoms with Crippen LogP contribution in [0.2, 0.25) is 0 Å². The summed E-state index contributed by atoms with van der Waals surface area (Å²) in [6, 6.07) is 5.16. The first-order valence-electron chi connectivity index (χ1n) is 4.82. The molecular formula is C11H8FN3O2. The lowest BCUT2D eigenvalue weighted by Crippen LogP contribution is -1.95.